The number of carbonyl (C=O) groups excluding carboxylic acids is 5. The summed E-state index contributed by atoms with van der Waals surface area (Å²) >= 11 is 0. The van der Waals surface area contributed by atoms with Gasteiger partial charge in [-0.3, -0.25) is 0 Å². The van der Waals surface area contributed by atoms with E-state index in [1.54, 1.807) is 0 Å². The van der Waals surface area contributed by atoms with Crippen molar-refractivity contribution in [2.24, 2.45) is 0 Å². The first-order chi connectivity index (χ1) is 8.69. The van der Waals surface area contributed by atoms with Gasteiger partial charge in [-0.1, -0.05) is 0 Å². The van der Waals surface area contributed by atoms with E-state index in [9.17, 15) is 24.0 Å². The van der Waals surface area contributed by atoms with E-state index in [-0.39, 0.29) is 27.5 Å². The summed E-state index contributed by atoms with van der Waals surface area (Å²) in [5, 5.41) is 0. The van der Waals surface area contributed by atoms with Crippen molar-refractivity contribution in [1.29, 1.82) is 0 Å². The summed E-state index contributed by atoms with van der Waals surface area (Å²) in [6, 6.07) is 0. The van der Waals surface area contributed by atoms with Crippen LogP contribution in [0.4, 0.5) is 0 Å². The third kappa shape index (κ3) is 5.07. The predicted molar refractivity (Wildman–Crippen MR) is 58.3 cm³/mol. The van der Waals surface area contributed by atoms with Crippen molar-refractivity contribution in [3.05, 3.63) is 39.9 Å². The van der Waals surface area contributed by atoms with Gasteiger partial charge in [0.25, 0.3) is 5.70 Å². The van der Waals surface area contributed by atoms with Crippen LogP contribution in [0.25, 0.3) is 4.85 Å². The van der Waals surface area contributed by atoms with Crippen LogP contribution in [0.1, 0.15) is 6.42 Å². The van der Waals surface area contributed by atoms with Crippen LogP contribution in [0.3, 0.4) is 0 Å². The van der Waals surface area contributed by atoms with Crippen molar-refractivity contribution in [2.75, 3.05) is 0 Å². The van der Waals surface area contributed by atoms with Crippen LogP contribution >= 0.6 is 0 Å². The van der Waals surface area contributed by atoms with Crippen molar-refractivity contribution >= 4 is 29.7 Å². The van der Waals surface area contributed by atoms with Gasteiger partial charge in [-0.05, 0) is 0 Å². The molecule has 0 unspecified atom stereocenters. The zero-order valence-corrected chi connectivity index (χ0v) is 12.1. The van der Waals surface area contributed by atoms with E-state index in [4.69, 9.17) is 6.57 Å². The van der Waals surface area contributed by atoms with E-state index in [0.717, 1.165) is 12.0 Å². The quantitative estimate of drug-likeness (QED) is 0.342. The number of rotatable bonds is 5. The van der Waals surface area contributed by atoms with Crippen molar-refractivity contribution in [3.63, 3.8) is 0 Å². The second-order valence-electron chi connectivity index (χ2n) is 2.62. The Kier molecular flexibility index (Phi) is 10.5. The number of nitrogens with zero attached hydrogens (tertiary/aromatic N) is 1. The van der Waals surface area contributed by atoms with Crippen LogP contribution in [0.15, 0.2) is 28.5 Å². The van der Waals surface area contributed by atoms with Gasteiger partial charge >= 0.3 is 0 Å². The van der Waals surface area contributed by atoms with Gasteiger partial charge < -0.3 is 0 Å². The van der Waals surface area contributed by atoms with E-state index in [1.807, 2.05) is 0 Å². The Morgan fingerprint density at radius 2 is 1.53 bits per heavy atom. The maximum atomic E-state index is 10.7. The summed E-state index contributed by atoms with van der Waals surface area (Å²) < 4.78 is 0. The molecule has 0 saturated carbocycles. The summed E-state index contributed by atoms with van der Waals surface area (Å²) in [4.78, 5) is 54.9. The number of hydrogen-bond acceptors (Lipinski definition) is 5. The van der Waals surface area contributed by atoms with Crippen LogP contribution in [0.5, 0.6) is 0 Å². The van der Waals surface area contributed by atoms with Gasteiger partial charge in [-0.25, -0.2) is 28.8 Å². The van der Waals surface area contributed by atoms with Crippen LogP contribution in [0, 0.1) is 6.57 Å². The first kappa shape index (κ1) is 18.8. The first-order valence-corrected chi connectivity index (χ1v) is 4.27. The van der Waals surface area contributed by atoms with Crippen LogP contribution in [-0.4, -0.2) is 29.7 Å². The molecule has 0 aromatic carbocycles. The number of allylic oxidation sites excluding steroid dienone is 3. The van der Waals surface area contributed by atoms with Crippen molar-refractivity contribution in [3.8, 4) is 0 Å². The Bertz CT molecular complexity index is 653. The molecule has 19 heavy (non-hydrogen) atoms. The fourth-order valence-electron chi connectivity index (χ4n) is 0.950. The molecule has 0 rings (SSSR count). The van der Waals surface area contributed by atoms with Gasteiger partial charge in [-0.15, -0.1) is 0 Å². The SMILES string of the molecule is [C-]#[N+]C(=C=O)C(=C=O)C(=C=O)C(=C=O)CC=C=O.[W]. The molecule has 0 fully saturated rings. The van der Waals surface area contributed by atoms with E-state index < -0.39 is 22.4 Å². The second-order valence-corrected chi connectivity index (χ2v) is 2.62. The molecule has 6 nitrogen and oxygen atoms in total. The van der Waals surface area contributed by atoms with Gasteiger partial charge in [0, 0.05) is 33.6 Å². The largest absolute Gasteiger partial charge is 0.287 e. The van der Waals surface area contributed by atoms with Crippen LogP contribution in [0.2, 0.25) is 0 Å². The molecule has 0 atom stereocenters. The molecule has 0 radical (unpaired) electrons. The smallest absolute Gasteiger partial charge is 0.247 e. The monoisotopic (exact) mass is 425 g/mol. The second kappa shape index (κ2) is 10.6. The molecule has 0 aliphatic heterocycles. The van der Waals surface area contributed by atoms with E-state index >= 15 is 0 Å². The van der Waals surface area contributed by atoms with Crippen LogP contribution in [-0.2, 0) is 45.0 Å². The Morgan fingerprint density at radius 3 is 1.84 bits per heavy atom. The minimum absolute atomic E-state index is 0. The minimum Gasteiger partial charge on any atom is -0.247 e. The van der Waals surface area contributed by atoms with Gasteiger partial charge in [-0.2, -0.15) is 0 Å². The van der Waals surface area contributed by atoms with E-state index in [2.05, 4.69) is 4.85 Å². The average molecular weight is 425 g/mol. The fourth-order valence-corrected chi connectivity index (χ4v) is 0.950. The number of hydrogen-bond donors (Lipinski definition) is 0. The molecule has 0 spiro atoms. The Labute approximate surface area is 121 Å². The van der Waals surface area contributed by atoms with Crippen LogP contribution < -0.4 is 0 Å². The molecule has 0 bridgehead atoms. The third-order valence-electron chi connectivity index (χ3n) is 1.71. The average Bonchev–Trinajstić information content (AvgIpc) is 2.41. The predicted octanol–water partition coefficient (Wildman–Crippen LogP) is -0.329. The zero-order valence-electron chi connectivity index (χ0n) is 9.18. The fraction of sp³-hybridized carbons (Fsp3) is 0.0833. The summed E-state index contributed by atoms with van der Waals surface area (Å²) in [7, 11) is 0. The molecule has 0 saturated heterocycles. The normalized spacial score (nSPS) is 6.68. The Morgan fingerprint density at radius 1 is 0.947 bits per heavy atom. The van der Waals surface area contributed by atoms with Crippen molar-refractivity contribution < 1.29 is 45.0 Å². The molecular formula is C12H3NO5W. The van der Waals surface area contributed by atoms with Crippen molar-refractivity contribution in [1.82, 2.24) is 0 Å². The van der Waals surface area contributed by atoms with E-state index in [0.29, 0.717) is 0 Å². The molecule has 92 valence electrons. The topological polar surface area (TPSA) is 89.7 Å². The maximum absolute atomic E-state index is 10.7. The summed E-state index contributed by atoms with van der Waals surface area (Å²) in [5.74, 6) is 6.23. The summed E-state index contributed by atoms with van der Waals surface area (Å²) in [6.45, 7) is 6.60. The molecular weight excluding hydrogens is 422 g/mol. The Hall–Kier alpha value is -2.57. The maximum Gasteiger partial charge on any atom is 0.287 e. The van der Waals surface area contributed by atoms with Crippen molar-refractivity contribution in [2.45, 2.75) is 6.42 Å². The third-order valence-corrected chi connectivity index (χ3v) is 1.71. The molecule has 7 heteroatoms. The molecule has 0 heterocycles. The van der Waals surface area contributed by atoms with E-state index in [1.165, 1.54) is 23.8 Å². The van der Waals surface area contributed by atoms with Gasteiger partial charge in [0.05, 0.1) is 23.3 Å². The van der Waals surface area contributed by atoms with Gasteiger partial charge in [0.2, 0.25) is 0 Å². The zero-order chi connectivity index (χ0) is 14.0. The summed E-state index contributed by atoms with van der Waals surface area (Å²) in [5.41, 5.74) is -2.62. The first-order valence-electron chi connectivity index (χ1n) is 4.27. The summed E-state index contributed by atoms with van der Waals surface area (Å²) in [6.07, 6.45) is 0.523. The minimum atomic E-state index is -0.814. The molecule has 0 amide bonds. The van der Waals surface area contributed by atoms with Gasteiger partial charge in [0.1, 0.15) is 29.7 Å². The molecule has 0 aliphatic carbocycles. The molecule has 0 aromatic heterocycles. The standard InChI is InChI=1S/C12H3NO5.W/c1-13-12(8-18)11(7-17)10(6-16)9(5-15)3-2-4-14;/h2H,3H2;. The Balaban J connectivity index is 0. The van der Waals surface area contributed by atoms with Gasteiger partial charge in [0.15, 0.2) is 0 Å². The molecule has 0 aromatic rings. The molecule has 0 N–H and O–H groups in total. The molecule has 0 aliphatic rings.